The number of nitrogens with two attached hydrogens (primary N) is 1. The van der Waals surface area contributed by atoms with Crippen molar-refractivity contribution in [2.45, 2.75) is 13.5 Å². The zero-order valence-corrected chi connectivity index (χ0v) is 8.45. The molecule has 0 spiro atoms. The summed E-state index contributed by atoms with van der Waals surface area (Å²) in [5, 5.41) is 10.8. The summed E-state index contributed by atoms with van der Waals surface area (Å²) in [4.78, 5) is 0. The summed E-state index contributed by atoms with van der Waals surface area (Å²) in [7, 11) is 0. The van der Waals surface area contributed by atoms with Crippen LogP contribution in [0.25, 0.3) is 11.5 Å². The minimum absolute atomic E-state index is 0.392. The summed E-state index contributed by atoms with van der Waals surface area (Å²) in [6.45, 7) is 2.76. The molecule has 2 rings (SSSR count). The molecule has 0 atom stereocenters. The lowest BCUT2D eigenvalue weighted by Gasteiger charge is -2.02. The first-order valence-electron chi connectivity index (χ1n) is 4.18. The van der Waals surface area contributed by atoms with Crippen LogP contribution in [-0.4, -0.2) is 24.7 Å². The average Bonchev–Trinajstić information content (AvgIpc) is 2.75. The van der Waals surface area contributed by atoms with E-state index in [0.29, 0.717) is 10.6 Å². The predicted octanol–water partition coefficient (Wildman–Crippen LogP) is 0.538. The lowest BCUT2D eigenvalue weighted by Crippen LogP contribution is -2.12. The largest absolute Gasteiger partial charge is 0.335 e. The number of aromatic nitrogens is 5. The second-order valence-electron chi connectivity index (χ2n) is 2.75. The van der Waals surface area contributed by atoms with Crippen molar-refractivity contribution in [3.63, 3.8) is 0 Å². The van der Waals surface area contributed by atoms with E-state index in [2.05, 4.69) is 15.3 Å². The third-order valence-corrected chi connectivity index (χ3v) is 2.24. The number of nitrogen functional groups attached to an aromatic ring is 1. The normalized spacial score (nSPS) is 10.6. The fraction of sp³-hybridized carbons (Fsp3) is 0.286. The Hall–Kier alpha value is -1.63. The van der Waals surface area contributed by atoms with Crippen LogP contribution in [-0.2, 0) is 6.54 Å². The topological polar surface area (TPSA) is 77.5 Å². The first kappa shape index (κ1) is 8.95. The minimum atomic E-state index is 0.392. The fourth-order valence-corrected chi connectivity index (χ4v) is 1.39. The smallest absolute Gasteiger partial charge is 0.214 e. The predicted molar refractivity (Wildman–Crippen MR) is 54.5 cm³/mol. The molecule has 0 amide bonds. The van der Waals surface area contributed by atoms with Crippen molar-refractivity contribution in [2.24, 2.45) is 0 Å². The Morgan fingerprint density at radius 1 is 1.64 bits per heavy atom. The summed E-state index contributed by atoms with van der Waals surface area (Å²) in [5.41, 5.74) is 0.849. The maximum atomic E-state index is 5.70. The monoisotopic (exact) mass is 210 g/mol. The van der Waals surface area contributed by atoms with Crippen LogP contribution in [0.5, 0.6) is 0 Å². The van der Waals surface area contributed by atoms with Gasteiger partial charge in [-0.1, -0.05) is 0 Å². The summed E-state index contributed by atoms with van der Waals surface area (Å²) in [5.74, 6) is 6.29. The van der Waals surface area contributed by atoms with Gasteiger partial charge in [-0.2, -0.15) is 10.2 Å². The molecular weight excluding hydrogens is 200 g/mol. The van der Waals surface area contributed by atoms with E-state index in [1.165, 1.54) is 4.68 Å². The number of nitrogens with zero attached hydrogens (tertiary/aromatic N) is 4. The number of rotatable bonds is 2. The Morgan fingerprint density at radius 3 is 3.00 bits per heavy atom. The summed E-state index contributed by atoms with van der Waals surface area (Å²) in [6.07, 6.45) is 1.70. The number of aromatic amines is 1. The number of H-pyrrole nitrogens is 1. The molecule has 6 nitrogen and oxygen atoms in total. The van der Waals surface area contributed by atoms with Gasteiger partial charge in [-0.15, -0.1) is 0 Å². The summed E-state index contributed by atoms with van der Waals surface area (Å²) >= 11 is 4.92. The highest BCUT2D eigenvalue weighted by molar-refractivity contribution is 7.71. The Balaban J connectivity index is 2.60. The van der Waals surface area contributed by atoms with Crippen LogP contribution >= 0.6 is 12.2 Å². The second kappa shape index (κ2) is 3.26. The number of hydrogen-bond donors (Lipinski definition) is 2. The molecule has 2 heterocycles. The molecule has 0 aliphatic rings. The van der Waals surface area contributed by atoms with Gasteiger partial charge in [-0.25, -0.2) is 9.77 Å². The van der Waals surface area contributed by atoms with E-state index in [-0.39, 0.29) is 0 Å². The summed E-state index contributed by atoms with van der Waals surface area (Å²) in [6, 6.07) is 1.85. The molecule has 7 heteroatoms. The van der Waals surface area contributed by atoms with Gasteiger partial charge in [0.25, 0.3) is 0 Å². The molecule has 0 unspecified atom stereocenters. The van der Waals surface area contributed by atoms with Crippen molar-refractivity contribution in [1.29, 1.82) is 0 Å². The van der Waals surface area contributed by atoms with Crippen LogP contribution in [0.2, 0.25) is 0 Å². The Morgan fingerprint density at radius 2 is 2.43 bits per heavy atom. The van der Waals surface area contributed by atoms with Gasteiger partial charge in [0.2, 0.25) is 4.77 Å². The van der Waals surface area contributed by atoms with Gasteiger partial charge in [-0.05, 0) is 25.2 Å². The van der Waals surface area contributed by atoms with Crippen LogP contribution in [0.1, 0.15) is 6.92 Å². The first-order chi connectivity index (χ1) is 6.74. The van der Waals surface area contributed by atoms with E-state index in [1.54, 1.807) is 10.9 Å². The zero-order chi connectivity index (χ0) is 10.1. The van der Waals surface area contributed by atoms with E-state index in [9.17, 15) is 0 Å². The van der Waals surface area contributed by atoms with E-state index in [4.69, 9.17) is 18.1 Å². The van der Waals surface area contributed by atoms with Crippen molar-refractivity contribution >= 4 is 12.2 Å². The molecule has 2 aromatic rings. The molecule has 0 radical (unpaired) electrons. The van der Waals surface area contributed by atoms with Crippen molar-refractivity contribution in [3.8, 4) is 11.5 Å². The Kier molecular flexibility index (Phi) is 2.08. The van der Waals surface area contributed by atoms with Crippen LogP contribution in [0, 0.1) is 4.77 Å². The van der Waals surface area contributed by atoms with Gasteiger partial charge in [-0.3, -0.25) is 4.68 Å². The van der Waals surface area contributed by atoms with Gasteiger partial charge in [0, 0.05) is 12.7 Å². The fourth-order valence-electron chi connectivity index (χ4n) is 1.26. The molecule has 74 valence electrons. The van der Waals surface area contributed by atoms with Crippen LogP contribution in [0.4, 0.5) is 0 Å². The molecule has 0 bridgehead atoms. The molecule has 3 N–H and O–H groups in total. The van der Waals surface area contributed by atoms with Crippen molar-refractivity contribution in [2.75, 3.05) is 5.84 Å². The first-order valence-corrected chi connectivity index (χ1v) is 4.59. The molecule has 0 saturated heterocycles. The molecule has 2 aromatic heterocycles. The van der Waals surface area contributed by atoms with Gasteiger partial charge < -0.3 is 5.84 Å². The van der Waals surface area contributed by atoms with E-state index in [1.807, 2.05) is 13.0 Å². The number of nitrogens with one attached hydrogen (secondary N) is 1. The van der Waals surface area contributed by atoms with Crippen molar-refractivity contribution in [3.05, 3.63) is 17.0 Å². The highest BCUT2D eigenvalue weighted by Crippen LogP contribution is 2.14. The highest BCUT2D eigenvalue weighted by atomic mass is 32.1. The van der Waals surface area contributed by atoms with Crippen LogP contribution in [0.15, 0.2) is 12.3 Å². The number of aryl methyl sites for hydroxylation is 1. The molecule has 14 heavy (non-hydrogen) atoms. The van der Waals surface area contributed by atoms with Gasteiger partial charge in [0.1, 0.15) is 5.69 Å². The highest BCUT2D eigenvalue weighted by Gasteiger charge is 2.10. The molecule has 0 aliphatic carbocycles. The standard InChI is InChI=1S/C7H10N6S/c1-2-12-5(3-4-9-12)6-10-11-7(14)13(6)8/h3-4H,2,8H2,1H3,(H,11,14). The molecule has 0 aromatic carbocycles. The van der Waals surface area contributed by atoms with Gasteiger partial charge >= 0.3 is 0 Å². The van der Waals surface area contributed by atoms with E-state index >= 15 is 0 Å². The maximum absolute atomic E-state index is 5.70. The minimum Gasteiger partial charge on any atom is -0.335 e. The van der Waals surface area contributed by atoms with Crippen LogP contribution in [0.3, 0.4) is 0 Å². The molecular formula is C7H10N6S. The van der Waals surface area contributed by atoms with Crippen molar-refractivity contribution < 1.29 is 0 Å². The van der Waals surface area contributed by atoms with E-state index in [0.717, 1.165) is 12.2 Å². The quantitative estimate of drug-likeness (QED) is 0.560. The maximum Gasteiger partial charge on any atom is 0.214 e. The third kappa shape index (κ3) is 1.22. The van der Waals surface area contributed by atoms with Crippen molar-refractivity contribution in [1.82, 2.24) is 24.7 Å². The van der Waals surface area contributed by atoms with Crippen LogP contribution < -0.4 is 5.84 Å². The third-order valence-electron chi connectivity index (χ3n) is 1.95. The molecule has 0 saturated carbocycles. The Labute approximate surface area is 85.3 Å². The Bertz CT molecular complexity index is 492. The number of hydrogen-bond acceptors (Lipinski definition) is 4. The average molecular weight is 210 g/mol. The zero-order valence-electron chi connectivity index (χ0n) is 7.64. The SMILES string of the molecule is CCn1nccc1-c1n[nH]c(=S)n1N. The van der Waals surface area contributed by atoms with Gasteiger partial charge in [0.05, 0.1) is 0 Å². The van der Waals surface area contributed by atoms with E-state index < -0.39 is 0 Å². The summed E-state index contributed by atoms with van der Waals surface area (Å²) < 4.78 is 3.52. The lowest BCUT2D eigenvalue weighted by molar-refractivity contribution is 0.662. The molecule has 0 aliphatic heterocycles. The second-order valence-corrected chi connectivity index (χ2v) is 3.14. The lowest BCUT2D eigenvalue weighted by atomic mass is 10.4. The molecule has 0 fully saturated rings. The van der Waals surface area contributed by atoms with Gasteiger partial charge in [0.15, 0.2) is 5.82 Å².